The Hall–Kier alpha value is -2.60. The number of nitrogens with one attached hydrogen (secondary N) is 1. The molecule has 2 aromatic rings. The third-order valence-electron chi connectivity index (χ3n) is 8.24. The average Bonchev–Trinajstić information content (AvgIpc) is 3.46. The molecule has 6 heteroatoms. The van der Waals surface area contributed by atoms with Crippen LogP contribution in [0.15, 0.2) is 29.1 Å². The van der Waals surface area contributed by atoms with Crippen LogP contribution in [0.2, 0.25) is 0 Å². The molecule has 1 aliphatic heterocycles. The lowest BCUT2D eigenvalue weighted by Crippen LogP contribution is -2.60. The highest BCUT2D eigenvalue weighted by Crippen LogP contribution is 2.62. The predicted molar refractivity (Wildman–Crippen MR) is 113 cm³/mol. The number of aromatic nitrogens is 1. The number of carbonyl (C=O) groups excluding carboxylic acids is 1. The van der Waals surface area contributed by atoms with Crippen LogP contribution in [0.5, 0.6) is 5.75 Å². The molecule has 0 bridgehead atoms. The standard InChI is InChI=1S/C24H27N3O3/c25-21(29)18-7-16-10-23-9-15-3-4-17(28)8-19(15)24(23,11-20(16)26-22(18)30)5-6-27(13-23)12-14-1-2-14/h3-4,7-8,14,28H,1-2,5-6,9-13H2,(H2,25,29)(H,26,30)/t23?,24-/m1/s1. The van der Waals surface area contributed by atoms with Crippen LogP contribution in [-0.4, -0.2) is 40.5 Å². The van der Waals surface area contributed by atoms with Crippen LogP contribution in [0.4, 0.5) is 0 Å². The van der Waals surface area contributed by atoms with Crippen LogP contribution in [-0.2, 0) is 24.7 Å². The lowest BCUT2D eigenvalue weighted by Gasteiger charge is -2.56. The summed E-state index contributed by atoms with van der Waals surface area (Å²) in [7, 11) is 0. The molecule has 156 valence electrons. The van der Waals surface area contributed by atoms with E-state index in [4.69, 9.17) is 5.73 Å². The maximum atomic E-state index is 12.5. The Morgan fingerprint density at radius 1 is 1.20 bits per heavy atom. The zero-order valence-electron chi connectivity index (χ0n) is 17.0. The average molecular weight is 405 g/mol. The van der Waals surface area contributed by atoms with Crippen molar-refractivity contribution in [3.8, 4) is 5.75 Å². The van der Waals surface area contributed by atoms with Gasteiger partial charge in [0.1, 0.15) is 11.3 Å². The fraction of sp³-hybridized carbons (Fsp3) is 0.500. The van der Waals surface area contributed by atoms with Gasteiger partial charge in [0.15, 0.2) is 0 Å². The summed E-state index contributed by atoms with van der Waals surface area (Å²) < 4.78 is 0. The Morgan fingerprint density at radius 3 is 2.77 bits per heavy atom. The first-order valence-corrected chi connectivity index (χ1v) is 11.0. The minimum absolute atomic E-state index is 0.0103. The molecule has 4 N–H and O–H groups in total. The van der Waals surface area contributed by atoms with E-state index in [2.05, 4.69) is 16.0 Å². The van der Waals surface area contributed by atoms with Crippen molar-refractivity contribution in [2.24, 2.45) is 17.1 Å². The van der Waals surface area contributed by atoms with Gasteiger partial charge in [-0.05, 0) is 85.9 Å². The van der Waals surface area contributed by atoms with Gasteiger partial charge in [-0.15, -0.1) is 0 Å². The molecule has 1 amide bonds. The van der Waals surface area contributed by atoms with Crippen LogP contribution in [0.1, 0.15) is 52.0 Å². The van der Waals surface area contributed by atoms with Crippen molar-refractivity contribution < 1.29 is 9.90 Å². The third-order valence-corrected chi connectivity index (χ3v) is 8.24. The number of H-pyrrole nitrogens is 1. The molecule has 30 heavy (non-hydrogen) atoms. The fourth-order valence-electron chi connectivity index (χ4n) is 6.70. The maximum absolute atomic E-state index is 12.5. The van der Waals surface area contributed by atoms with E-state index in [0.717, 1.165) is 55.9 Å². The van der Waals surface area contributed by atoms with Crippen LogP contribution >= 0.6 is 0 Å². The van der Waals surface area contributed by atoms with Crippen molar-refractivity contribution in [2.75, 3.05) is 19.6 Å². The number of piperidine rings is 1. The highest BCUT2D eigenvalue weighted by atomic mass is 16.3. The second-order valence-corrected chi connectivity index (χ2v) is 10.0. The number of rotatable bonds is 3. The number of phenols is 1. The Bertz CT molecular complexity index is 1140. The molecular formula is C24H27N3O3. The second-order valence-electron chi connectivity index (χ2n) is 10.0. The van der Waals surface area contributed by atoms with Gasteiger partial charge >= 0.3 is 0 Å². The van der Waals surface area contributed by atoms with Crippen molar-refractivity contribution in [3.63, 3.8) is 0 Å². The monoisotopic (exact) mass is 405 g/mol. The molecule has 1 saturated heterocycles. The molecule has 6 nitrogen and oxygen atoms in total. The van der Waals surface area contributed by atoms with Gasteiger partial charge in [-0.3, -0.25) is 9.59 Å². The van der Waals surface area contributed by atoms with Crippen LogP contribution in [0, 0.1) is 11.3 Å². The van der Waals surface area contributed by atoms with Crippen molar-refractivity contribution in [3.05, 3.63) is 62.6 Å². The molecule has 2 atom stereocenters. The van der Waals surface area contributed by atoms with E-state index in [1.165, 1.54) is 30.5 Å². The summed E-state index contributed by atoms with van der Waals surface area (Å²) in [5, 5.41) is 10.3. The molecule has 0 radical (unpaired) electrons. The van der Waals surface area contributed by atoms with Gasteiger partial charge in [0, 0.05) is 29.6 Å². The van der Waals surface area contributed by atoms with E-state index in [1.807, 2.05) is 6.07 Å². The van der Waals surface area contributed by atoms with Crippen molar-refractivity contribution in [1.29, 1.82) is 0 Å². The summed E-state index contributed by atoms with van der Waals surface area (Å²) in [4.78, 5) is 29.8. The highest BCUT2D eigenvalue weighted by Gasteiger charge is 2.61. The number of hydrogen-bond acceptors (Lipinski definition) is 4. The number of likely N-dealkylation sites (tertiary alicyclic amines) is 1. The largest absolute Gasteiger partial charge is 0.508 e. The summed E-state index contributed by atoms with van der Waals surface area (Å²) in [5.41, 5.74) is 9.56. The summed E-state index contributed by atoms with van der Waals surface area (Å²) >= 11 is 0. The normalized spacial score (nSPS) is 29.6. The van der Waals surface area contributed by atoms with Gasteiger partial charge in [0.2, 0.25) is 0 Å². The van der Waals surface area contributed by atoms with Crippen molar-refractivity contribution in [1.82, 2.24) is 9.88 Å². The third kappa shape index (κ3) is 2.46. The van der Waals surface area contributed by atoms with Crippen molar-refractivity contribution >= 4 is 5.91 Å². The molecule has 2 heterocycles. The molecule has 1 saturated carbocycles. The zero-order chi connectivity index (χ0) is 20.7. The van der Waals surface area contributed by atoms with Gasteiger partial charge < -0.3 is 20.7 Å². The van der Waals surface area contributed by atoms with E-state index in [0.29, 0.717) is 5.75 Å². The van der Waals surface area contributed by atoms with Crippen LogP contribution < -0.4 is 11.3 Å². The lowest BCUT2D eigenvalue weighted by atomic mass is 9.52. The Balaban J connectivity index is 1.50. The number of amides is 1. The molecule has 4 aliphatic rings. The van der Waals surface area contributed by atoms with Gasteiger partial charge in [-0.1, -0.05) is 6.07 Å². The minimum atomic E-state index is -0.674. The van der Waals surface area contributed by atoms with Gasteiger partial charge in [0.05, 0.1) is 0 Å². The number of primary amides is 1. The smallest absolute Gasteiger partial charge is 0.261 e. The topological polar surface area (TPSA) is 99.4 Å². The Morgan fingerprint density at radius 2 is 2.00 bits per heavy atom. The van der Waals surface area contributed by atoms with E-state index in [-0.39, 0.29) is 16.4 Å². The van der Waals surface area contributed by atoms with E-state index < -0.39 is 11.5 Å². The minimum Gasteiger partial charge on any atom is -0.508 e. The molecular weight excluding hydrogens is 378 g/mol. The number of aromatic amines is 1. The Kier molecular flexibility index (Phi) is 3.62. The number of nitrogens with two attached hydrogens (primary N) is 1. The summed E-state index contributed by atoms with van der Waals surface area (Å²) in [6, 6.07) is 7.55. The van der Waals surface area contributed by atoms with Crippen LogP contribution in [0.25, 0.3) is 0 Å². The zero-order valence-corrected chi connectivity index (χ0v) is 17.0. The van der Waals surface area contributed by atoms with E-state index in [1.54, 1.807) is 12.1 Å². The SMILES string of the molecule is NC(=O)c1cc2c([nH]c1=O)C[C@@]13CCN(CC4CC4)CC1(Cc1ccc(O)cc13)C2. The number of benzene rings is 1. The first-order valence-electron chi connectivity index (χ1n) is 11.0. The van der Waals surface area contributed by atoms with Gasteiger partial charge in [-0.25, -0.2) is 0 Å². The number of phenolic OH excluding ortho intramolecular Hbond substituents is 1. The summed E-state index contributed by atoms with van der Waals surface area (Å²) in [6.45, 7) is 3.24. The molecule has 1 unspecified atom stereocenters. The van der Waals surface area contributed by atoms with E-state index >= 15 is 0 Å². The second kappa shape index (κ2) is 5.97. The number of hydrogen-bond donors (Lipinski definition) is 3. The number of fused-ring (bicyclic) bond motifs is 2. The quantitative estimate of drug-likeness (QED) is 0.726. The van der Waals surface area contributed by atoms with Crippen molar-refractivity contribution in [2.45, 2.75) is 43.9 Å². The number of nitrogens with zero attached hydrogens (tertiary/aromatic N) is 1. The first kappa shape index (κ1) is 18.2. The molecule has 1 aromatic carbocycles. The highest BCUT2D eigenvalue weighted by molar-refractivity contribution is 5.92. The van der Waals surface area contributed by atoms with Gasteiger partial charge in [-0.2, -0.15) is 0 Å². The molecule has 2 fully saturated rings. The Labute approximate surface area is 175 Å². The molecule has 6 rings (SSSR count). The molecule has 1 aromatic heterocycles. The predicted octanol–water partition coefficient (Wildman–Crippen LogP) is 1.87. The number of carbonyl (C=O) groups is 1. The van der Waals surface area contributed by atoms with E-state index in [9.17, 15) is 14.7 Å². The maximum Gasteiger partial charge on any atom is 0.261 e. The lowest BCUT2D eigenvalue weighted by molar-refractivity contribution is 0.00114. The number of pyridine rings is 1. The first-order chi connectivity index (χ1) is 14.4. The van der Waals surface area contributed by atoms with Crippen LogP contribution in [0.3, 0.4) is 0 Å². The summed E-state index contributed by atoms with van der Waals surface area (Å²) in [6.07, 6.45) is 6.23. The number of aromatic hydroxyl groups is 1. The summed E-state index contributed by atoms with van der Waals surface area (Å²) in [5.74, 6) is 0.477. The molecule has 3 aliphatic carbocycles. The molecule has 0 spiro atoms. The van der Waals surface area contributed by atoms with Gasteiger partial charge in [0.25, 0.3) is 11.5 Å². The fourth-order valence-corrected chi connectivity index (χ4v) is 6.70.